The number of phenolic OH excluding ortho intramolecular Hbond substituents is 1. The van der Waals surface area contributed by atoms with Gasteiger partial charge in [-0.3, -0.25) is 19.7 Å². The van der Waals surface area contributed by atoms with Gasteiger partial charge in [0.15, 0.2) is 0 Å². The van der Waals surface area contributed by atoms with E-state index in [1.807, 2.05) is 17.5 Å². The maximum absolute atomic E-state index is 12.7. The van der Waals surface area contributed by atoms with Crippen LogP contribution in [0.2, 0.25) is 0 Å². The highest BCUT2D eigenvalue weighted by atomic mass is 32.1. The zero-order valence-corrected chi connectivity index (χ0v) is 18.3. The van der Waals surface area contributed by atoms with Gasteiger partial charge in [-0.25, -0.2) is 10.3 Å². The number of nitrogens with one attached hydrogen (secondary N) is 2. The number of hydrogen-bond acceptors (Lipinski definition) is 6. The Balaban J connectivity index is 1.65. The molecule has 1 atom stereocenters. The third kappa shape index (κ3) is 6.79. The van der Waals surface area contributed by atoms with Crippen molar-refractivity contribution in [2.45, 2.75) is 25.6 Å². The highest BCUT2D eigenvalue weighted by Crippen LogP contribution is 2.16. The molecule has 0 spiro atoms. The minimum absolute atomic E-state index is 0.0721. The molecule has 9 nitrogen and oxygen atoms in total. The van der Waals surface area contributed by atoms with E-state index in [1.165, 1.54) is 28.4 Å². The van der Waals surface area contributed by atoms with E-state index < -0.39 is 23.9 Å². The lowest BCUT2D eigenvalue weighted by Crippen LogP contribution is -2.47. The van der Waals surface area contributed by atoms with Gasteiger partial charge in [-0.1, -0.05) is 30.3 Å². The summed E-state index contributed by atoms with van der Waals surface area (Å²) in [4.78, 5) is 38.5. The van der Waals surface area contributed by atoms with E-state index in [0.29, 0.717) is 11.1 Å². The van der Waals surface area contributed by atoms with Gasteiger partial charge in [0.2, 0.25) is 0 Å². The number of carbonyl (C=O) groups excluding carboxylic acids is 2. The van der Waals surface area contributed by atoms with Gasteiger partial charge >= 0.3 is 6.09 Å². The van der Waals surface area contributed by atoms with Crippen molar-refractivity contribution in [3.05, 3.63) is 87.6 Å². The molecule has 172 valence electrons. The molecule has 0 saturated carbocycles. The number of carbonyl (C=O) groups is 3. The number of nitrogens with zero attached hydrogens (tertiary/aromatic N) is 1. The van der Waals surface area contributed by atoms with Crippen LogP contribution in [0.1, 0.15) is 26.4 Å². The molecular weight excluding hydrogens is 446 g/mol. The minimum Gasteiger partial charge on any atom is -0.508 e. The second-order valence-corrected chi connectivity index (χ2v) is 8.32. The van der Waals surface area contributed by atoms with Crippen LogP contribution in [0.15, 0.2) is 66.0 Å². The molecule has 0 aliphatic rings. The molecule has 1 unspecified atom stereocenters. The fraction of sp³-hybridized carbons (Fsp3) is 0.174. The van der Waals surface area contributed by atoms with E-state index in [-0.39, 0.29) is 30.8 Å². The Hall–Kier alpha value is -3.89. The highest BCUT2D eigenvalue weighted by Gasteiger charge is 2.22. The zero-order chi connectivity index (χ0) is 23.8. The van der Waals surface area contributed by atoms with E-state index in [1.54, 1.807) is 41.9 Å². The van der Waals surface area contributed by atoms with Crippen LogP contribution in [0.3, 0.4) is 0 Å². The summed E-state index contributed by atoms with van der Waals surface area (Å²) >= 11 is 1.48. The summed E-state index contributed by atoms with van der Waals surface area (Å²) in [6.07, 6.45) is -0.940. The summed E-state index contributed by atoms with van der Waals surface area (Å²) in [6, 6.07) is 15.2. The Morgan fingerprint density at radius 2 is 1.61 bits per heavy atom. The molecule has 0 aliphatic heterocycles. The van der Waals surface area contributed by atoms with Crippen LogP contribution in [0, 0.1) is 0 Å². The Kier molecular flexibility index (Phi) is 8.01. The molecule has 33 heavy (non-hydrogen) atoms. The molecule has 2 aromatic carbocycles. The normalized spacial score (nSPS) is 11.4. The number of rotatable bonds is 9. The van der Waals surface area contributed by atoms with Crippen molar-refractivity contribution in [2.24, 2.45) is 0 Å². The SMILES string of the molecule is O=C(NC(Cc1ccc(O)cc1)C(=O)NO)c1ccc(CN(Cc2cccs2)C(=O)O)cc1. The first-order chi connectivity index (χ1) is 15.9. The summed E-state index contributed by atoms with van der Waals surface area (Å²) < 4.78 is 0. The first-order valence-electron chi connectivity index (χ1n) is 9.97. The van der Waals surface area contributed by atoms with Gasteiger partial charge in [0.25, 0.3) is 11.8 Å². The van der Waals surface area contributed by atoms with E-state index >= 15 is 0 Å². The Morgan fingerprint density at radius 1 is 0.939 bits per heavy atom. The lowest BCUT2D eigenvalue weighted by Gasteiger charge is -2.19. The molecule has 0 saturated heterocycles. The first-order valence-corrected chi connectivity index (χ1v) is 10.9. The van der Waals surface area contributed by atoms with Crippen LogP contribution in [0.25, 0.3) is 0 Å². The number of hydrogen-bond donors (Lipinski definition) is 5. The number of hydroxylamine groups is 1. The maximum atomic E-state index is 12.7. The topological polar surface area (TPSA) is 139 Å². The predicted octanol–water partition coefficient (Wildman–Crippen LogP) is 2.98. The van der Waals surface area contributed by atoms with Crippen LogP contribution >= 0.6 is 11.3 Å². The first kappa shape index (κ1) is 23.8. The van der Waals surface area contributed by atoms with E-state index in [9.17, 15) is 24.6 Å². The fourth-order valence-corrected chi connectivity index (χ4v) is 3.88. The quantitative estimate of drug-likeness (QED) is 0.241. The van der Waals surface area contributed by atoms with Crippen molar-refractivity contribution in [2.75, 3.05) is 0 Å². The smallest absolute Gasteiger partial charge is 0.407 e. The van der Waals surface area contributed by atoms with Crippen LogP contribution in [0.5, 0.6) is 5.75 Å². The molecule has 0 fully saturated rings. The molecule has 10 heteroatoms. The maximum Gasteiger partial charge on any atom is 0.407 e. The van der Waals surface area contributed by atoms with Crippen molar-refractivity contribution in [1.29, 1.82) is 0 Å². The summed E-state index contributed by atoms with van der Waals surface area (Å²) in [5.74, 6) is -1.23. The summed E-state index contributed by atoms with van der Waals surface area (Å²) in [6.45, 7) is 0.427. The van der Waals surface area contributed by atoms with Crippen LogP contribution < -0.4 is 10.8 Å². The lowest BCUT2D eigenvalue weighted by molar-refractivity contribution is -0.131. The second-order valence-electron chi connectivity index (χ2n) is 7.29. The number of aromatic hydroxyl groups is 1. The number of carboxylic acid groups (broad SMARTS) is 1. The lowest BCUT2D eigenvalue weighted by atomic mass is 10.0. The minimum atomic E-state index is -1.04. The third-order valence-corrected chi connectivity index (χ3v) is 5.76. The summed E-state index contributed by atoms with van der Waals surface area (Å²) in [7, 11) is 0. The number of phenols is 1. The molecule has 1 heterocycles. The second kappa shape index (κ2) is 11.1. The molecular formula is C23H23N3O6S. The Morgan fingerprint density at radius 3 is 2.18 bits per heavy atom. The van der Waals surface area contributed by atoms with Crippen molar-refractivity contribution in [3.63, 3.8) is 0 Å². The standard InChI is InChI=1S/C23H23N3O6S/c27-18-9-5-15(6-10-18)12-20(22(29)25-32)24-21(28)17-7-3-16(4-8-17)13-26(23(30)31)14-19-2-1-11-33-19/h1-11,20,27,32H,12-14H2,(H,24,28)(H,25,29)(H,30,31). The molecule has 3 rings (SSSR count). The predicted molar refractivity (Wildman–Crippen MR) is 121 cm³/mol. The summed E-state index contributed by atoms with van der Waals surface area (Å²) in [5, 5.41) is 32.4. The molecule has 3 aromatic rings. The molecule has 3 amide bonds. The van der Waals surface area contributed by atoms with Gasteiger partial charge in [0.05, 0.1) is 6.54 Å². The van der Waals surface area contributed by atoms with E-state index in [0.717, 1.165) is 4.88 Å². The van der Waals surface area contributed by atoms with Gasteiger partial charge in [-0.05, 0) is 46.8 Å². The number of benzene rings is 2. The van der Waals surface area contributed by atoms with Crippen LogP contribution in [0.4, 0.5) is 4.79 Å². The van der Waals surface area contributed by atoms with Crippen molar-refractivity contribution in [3.8, 4) is 5.75 Å². The van der Waals surface area contributed by atoms with Crippen molar-refractivity contribution < 1.29 is 29.8 Å². The number of thiophene rings is 1. The van der Waals surface area contributed by atoms with Crippen molar-refractivity contribution in [1.82, 2.24) is 15.7 Å². The zero-order valence-electron chi connectivity index (χ0n) is 17.5. The highest BCUT2D eigenvalue weighted by molar-refractivity contribution is 7.09. The van der Waals surface area contributed by atoms with Crippen LogP contribution in [-0.4, -0.2) is 44.3 Å². The molecule has 0 radical (unpaired) electrons. The van der Waals surface area contributed by atoms with Gasteiger partial charge in [0.1, 0.15) is 11.8 Å². The van der Waals surface area contributed by atoms with E-state index in [4.69, 9.17) is 5.21 Å². The molecule has 1 aromatic heterocycles. The number of amides is 3. The van der Waals surface area contributed by atoms with Gasteiger partial charge in [-0.15, -0.1) is 11.3 Å². The fourth-order valence-electron chi connectivity index (χ4n) is 3.16. The molecule has 5 N–H and O–H groups in total. The Labute approximate surface area is 193 Å². The van der Waals surface area contributed by atoms with Gasteiger partial charge < -0.3 is 15.5 Å². The Bertz CT molecular complexity index is 1080. The molecule has 0 aliphatic carbocycles. The third-order valence-electron chi connectivity index (χ3n) is 4.90. The van der Waals surface area contributed by atoms with Crippen LogP contribution in [-0.2, 0) is 24.3 Å². The van der Waals surface area contributed by atoms with E-state index in [2.05, 4.69) is 5.32 Å². The average Bonchev–Trinajstić information content (AvgIpc) is 3.32. The monoisotopic (exact) mass is 469 g/mol. The van der Waals surface area contributed by atoms with Gasteiger partial charge in [-0.2, -0.15) is 0 Å². The molecule has 0 bridgehead atoms. The van der Waals surface area contributed by atoms with Gasteiger partial charge in [0, 0.05) is 23.4 Å². The average molecular weight is 470 g/mol. The largest absolute Gasteiger partial charge is 0.508 e. The van der Waals surface area contributed by atoms with Crippen molar-refractivity contribution >= 4 is 29.2 Å². The summed E-state index contributed by atoms with van der Waals surface area (Å²) in [5.41, 5.74) is 3.21.